The summed E-state index contributed by atoms with van der Waals surface area (Å²) >= 11 is 0. The lowest BCUT2D eigenvalue weighted by Gasteiger charge is -2.16. The Bertz CT molecular complexity index is 1120. The van der Waals surface area contributed by atoms with Crippen molar-refractivity contribution in [1.82, 2.24) is 4.98 Å². The first-order valence-corrected chi connectivity index (χ1v) is 8.86. The van der Waals surface area contributed by atoms with E-state index in [0.717, 1.165) is 0 Å². The summed E-state index contributed by atoms with van der Waals surface area (Å²) in [6, 6.07) is 16.8. The number of nitrogens with zero attached hydrogens (tertiary/aromatic N) is 6. The van der Waals surface area contributed by atoms with Crippen LogP contribution in [0.4, 0.5) is 10.1 Å². The lowest BCUT2D eigenvalue weighted by atomic mass is 9.98. The Morgan fingerprint density at radius 3 is 2.60 bits per heavy atom. The number of hydrogen-bond donors (Lipinski definition) is 2. The average Bonchev–Trinajstić information content (AvgIpc) is 2.77. The zero-order chi connectivity index (χ0) is 21.5. The highest BCUT2D eigenvalue weighted by molar-refractivity contribution is 6.03. The van der Waals surface area contributed by atoms with Crippen LogP contribution < -0.4 is 11.0 Å². The number of pyridine rings is 1. The molecule has 0 radical (unpaired) electrons. The number of amidine groups is 1. The number of halogens is 1. The number of hydrazone groups is 2. The van der Waals surface area contributed by atoms with Crippen molar-refractivity contribution in [2.75, 3.05) is 5.12 Å². The van der Waals surface area contributed by atoms with Crippen LogP contribution in [0.25, 0.3) is 11.1 Å². The molecule has 3 aromatic rings. The highest BCUT2D eigenvalue weighted by Crippen LogP contribution is 2.30. The Kier molecular flexibility index (Phi) is 6.33. The van der Waals surface area contributed by atoms with Gasteiger partial charge in [-0.3, -0.25) is 10.4 Å². The number of aromatic nitrogens is 1. The van der Waals surface area contributed by atoms with Crippen molar-refractivity contribution in [2.24, 2.45) is 26.4 Å². The first-order valence-electron chi connectivity index (χ1n) is 8.86. The molecule has 3 rings (SSSR count). The average molecular weight is 402 g/mol. The van der Waals surface area contributed by atoms with E-state index < -0.39 is 5.82 Å². The molecule has 0 spiro atoms. The van der Waals surface area contributed by atoms with Crippen molar-refractivity contribution in [3.63, 3.8) is 0 Å². The molecule has 0 aliphatic rings. The topological polar surface area (TPSA) is 115 Å². The maximum absolute atomic E-state index is 14.5. The van der Waals surface area contributed by atoms with Gasteiger partial charge in [0.2, 0.25) is 0 Å². The minimum atomic E-state index is -0.497. The Morgan fingerprint density at radius 2 is 1.90 bits per heavy atom. The number of nitrogens with two attached hydrogens (primary N) is 1. The highest BCUT2D eigenvalue weighted by atomic mass is 19.1. The largest absolute Gasteiger partial charge is 0.305 e. The summed E-state index contributed by atoms with van der Waals surface area (Å²) in [4.78, 5) is 4.24. The summed E-state index contributed by atoms with van der Waals surface area (Å²) in [6.07, 6.45) is 1.66. The molecule has 0 bridgehead atoms. The fourth-order valence-electron chi connectivity index (χ4n) is 2.84. The molecule has 150 valence electrons. The van der Waals surface area contributed by atoms with E-state index in [-0.39, 0.29) is 5.84 Å². The van der Waals surface area contributed by atoms with Gasteiger partial charge in [-0.15, -0.1) is 5.11 Å². The van der Waals surface area contributed by atoms with Crippen molar-refractivity contribution in [2.45, 2.75) is 6.92 Å². The van der Waals surface area contributed by atoms with E-state index in [1.807, 2.05) is 12.1 Å². The normalized spacial score (nSPS) is 11.5. The summed E-state index contributed by atoms with van der Waals surface area (Å²) in [5.41, 5.74) is 3.15. The maximum Gasteiger partial charge on any atom is 0.176 e. The number of hydrogen-bond acceptors (Lipinski definition) is 6. The summed E-state index contributed by atoms with van der Waals surface area (Å²) in [7, 11) is 0. The third-order valence-electron chi connectivity index (χ3n) is 4.18. The predicted molar refractivity (Wildman–Crippen MR) is 116 cm³/mol. The molecule has 3 N–H and O–H groups in total. The molecule has 0 aliphatic heterocycles. The molecule has 8 nitrogen and oxygen atoms in total. The van der Waals surface area contributed by atoms with Gasteiger partial charge in [0.15, 0.2) is 5.84 Å². The third-order valence-corrected chi connectivity index (χ3v) is 4.18. The predicted octanol–water partition coefficient (Wildman–Crippen LogP) is 4.39. The van der Waals surface area contributed by atoms with E-state index in [2.05, 4.69) is 32.2 Å². The molecule has 0 saturated heterocycles. The van der Waals surface area contributed by atoms with Gasteiger partial charge in [-0.25, -0.2) is 4.39 Å². The van der Waals surface area contributed by atoms with Gasteiger partial charge in [0.05, 0.1) is 17.1 Å². The van der Waals surface area contributed by atoms with Gasteiger partial charge in [-0.2, -0.15) is 15.3 Å². The van der Waals surface area contributed by atoms with Crippen LogP contribution in [0.1, 0.15) is 18.2 Å². The molecule has 0 atom stereocenters. The van der Waals surface area contributed by atoms with Crippen LogP contribution in [0.2, 0.25) is 0 Å². The van der Waals surface area contributed by atoms with Gasteiger partial charge < -0.3 is 5.84 Å². The van der Waals surface area contributed by atoms with E-state index in [4.69, 9.17) is 11.3 Å². The molecule has 0 fully saturated rings. The van der Waals surface area contributed by atoms with Crippen molar-refractivity contribution < 1.29 is 4.39 Å². The van der Waals surface area contributed by atoms with E-state index in [1.165, 1.54) is 17.3 Å². The van der Waals surface area contributed by atoms with Crippen molar-refractivity contribution in [1.29, 1.82) is 5.41 Å². The van der Waals surface area contributed by atoms with Crippen LogP contribution in [0.3, 0.4) is 0 Å². The lowest BCUT2D eigenvalue weighted by Crippen LogP contribution is -2.12. The fourth-order valence-corrected chi connectivity index (χ4v) is 2.84. The second-order valence-corrected chi connectivity index (χ2v) is 6.14. The van der Waals surface area contributed by atoms with Crippen LogP contribution in [-0.4, -0.2) is 23.2 Å². The Labute approximate surface area is 172 Å². The smallest absolute Gasteiger partial charge is 0.176 e. The zero-order valence-corrected chi connectivity index (χ0v) is 16.2. The van der Waals surface area contributed by atoms with Gasteiger partial charge in [-0.05, 0) is 42.3 Å². The van der Waals surface area contributed by atoms with Crippen LogP contribution in [0.15, 0.2) is 87.4 Å². The van der Waals surface area contributed by atoms with Crippen molar-refractivity contribution >= 4 is 24.0 Å². The minimum absolute atomic E-state index is 0.137. The first kappa shape index (κ1) is 20.5. The standard InChI is InChI=1S/C21H19FN8/c1-14(20-9-5-6-10-26-20)28-30(25-2)17-12-15(11-16(22)13-17)18-7-3-4-8-19(18)21(23)27-29-24/h3-13H,2H2,1H3,(H3,23,24,27)/b28-14+. The van der Waals surface area contributed by atoms with Crippen LogP contribution in [0.5, 0.6) is 0 Å². The minimum Gasteiger partial charge on any atom is -0.305 e. The lowest BCUT2D eigenvalue weighted by molar-refractivity contribution is 0.627. The second kappa shape index (κ2) is 9.28. The first-order chi connectivity index (χ1) is 14.5. The van der Waals surface area contributed by atoms with Crippen LogP contribution >= 0.6 is 0 Å². The summed E-state index contributed by atoms with van der Waals surface area (Å²) in [6.45, 7) is 5.31. The number of anilines is 1. The fraction of sp³-hybridized carbons (Fsp3) is 0.0476. The number of benzene rings is 2. The SMILES string of the molecule is C=NN(/N=C(\C)c1ccccn1)c1cc(F)cc(-c2ccccc2C(=N)N=NN)c1. The summed E-state index contributed by atoms with van der Waals surface area (Å²) < 4.78 is 14.5. The molecular formula is C21H19FN8. The molecule has 0 saturated carbocycles. The molecular weight excluding hydrogens is 383 g/mol. The maximum atomic E-state index is 14.5. The highest BCUT2D eigenvalue weighted by Gasteiger charge is 2.14. The van der Waals surface area contributed by atoms with E-state index >= 15 is 0 Å². The zero-order valence-electron chi connectivity index (χ0n) is 16.2. The number of nitrogens with one attached hydrogen (secondary N) is 1. The Hall–Kier alpha value is -4.27. The quantitative estimate of drug-likeness (QED) is 0.209. The van der Waals surface area contributed by atoms with Gasteiger partial charge in [0.1, 0.15) is 5.82 Å². The van der Waals surface area contributed by atoms with E-state index in [1.54, 1.807) is 49.5 Å². The van der Waals surface area contributed by atoms with E-state index in [9.17, 15) is 4.39 Å². The van der Waals surface area contributed by atoms with Crippen molar-refractivity contribution in [3.05, 3.63) is 83.9 Å². The molecule has 1 heterocycles. The molecule has 0 unspecified atom stereocenters. The van der Waals surface area contributed by atoms with Crippen LogP contribution in [-0.2, 0) is 0 Å². The van der Waals surface area contributed by atoms with Gasteiger partial charge in [0.25, 0.3) is 0 Å². The van der Waals surface area contributed by atoms with Gasteiger partial charge in [-0.1, -0.05) is 35.6 Å². The monoisotopic (exact) mass is 402 g/mol. The Balaban J connectivity index is 2.06. The molecule has 9 heteroatoms. The van der Waals surface area contributed by atoms with Crippen LogP contribution in [0, 0.1) is 11.2 Å². The van der Waals surface area contributed by atoms with Gasteiger partial charge in [0, 0.05) is 24.5 Å². The summed E-state index contributed by atoms with van der Waals surface area (Å²) in [5, 5.41) is 24.3. The number of rotatable bonds is 6. The van der Waals surface area contributed by atoms with E-state index in [0.29, 0.717) is 33.8 Å². The Morgan fingerprint density at radius 1 is 1.13 bits per heavy atom. The van der Waals surface area contributed by atoms with Gasteiger partial charge >= 0.3 is 0 Å². The molecule has 2 aromatic carbocycles. The summed E-state index contributed by atoms with van der Waals surface area (Å²) in [5.74, 6) is 4.43. The third kappa shape index (κ3) is 4.58. The van der Waals surface area contributed by atoms with Crippen molar-refractivity contribution in [3.8, 4) is 11.1 Å². The second-order valence-electron chi connectivity index (χ2n) is 6.14. The molecule has 0 aliphatic carbocycles. The molecule has 1 aromatic heterocycles. The molecule has 30 heavy (non-hydrogen) atoms. The molecule has 0 amide bonds.